The first-order chi connectivity index (χ1) is 8.52. The molecule has 1 aromatic rings. The van der Waals surface area contributed by atoms with Crippen molar-refractivity contribution in [2.24, 2.45) is 0 Å². The summed E-state index contributed by atoms with van der Waals surface area (Å²) in [6, 6.07) is 2.59. The highest BCUT2D eigenvalue weighted by Gasteiger charge is 2.10. The summed E-state index contributed by atoms with van der Waals surface area (Å²) in [5.74, 6) is -2.20. The van der Waals surface area contributed by atoms with Crippen LogP contribution in [0.4, 0.5) is 8.78 Å². The average molecular weight is 259 g/mol. The number of aliphatic hydroxyl groups excluding tert-OH is 1. The minimum atomic E-state index is -0.806. The number of aliphatic hydroxyl groups is 1. The van der Waals surface area contributed by atoms with Crippen molar-refractivity contribution < 1.29 is 23.4 Å². The summed E-state index contributed by atoms with van der Waals surface area (Å²) in [7, 11) is 1.46. The molecule has 1 amide bonds. The van der Waals surface area contributed by atoms with Gasteiger partial charge in [-0.25, -0.2) is 8.78 Å². The van der Waals surface area contributed by atoms with Crippen molar-refractivity contribution in [1.82, 2.24) is 5.32 Å². The van der Waals surface area contributed by atoms with Crippen molar-refractivity contribution in [3.8, 4) is 0 Å². The lowest BCUT2D eigenvalue weighted by Crippen LogP contribution is -2.28. The van der Waals surface area contributed by atoms with Crippen molar-refractivity contribution in [3.63, 3.8) is 0 Å². The van der Waals surface area contributed by atoms with Crippen LogP contribution in [-0.2, 0) is 4.74 Å². The van der Waals surface area contributed by atoms with Crippen molar-refractivity contribution in [2.45, 2.75) is 12.5 Å². The van der Waals surface area contributed by atoms with Gasteiger partial charge in [-0.05, 0) is 18.6 Å². The number of amides is 1. The molecule has 6 heteroatoms. The van der Waals surface area contributed by atoms with E-state index in [1.54, 1.807) is 0 Å². The number of methoxy groups -OCH3 is 1. The Hall–Kier alpha value is -1.53. The standard InChI is InChI=1S/C12H15F2NO3/c1-18-7-11(16)2-3-15-12(17)8-4-9(13)6-10(14)5-8/h4-6,11,16H,2-3,7H2,1H3,(H,15,17). The largest absolute Gasteiger partial charge is 0.391 e. The molecule has 1 rings (SSSR count). The molecule has 100 valence electrons. The molecule has 0 aliphatic carbocycles. The van der Waals surface area contributed by atoms with E-state index in [1.807, 2.05) is 0 Å². The lowest BCUT2D eigenvalue weighted by molar-refractivity contribution is 0.0587. The van der Waals surface area contributed by atoms with E-state index in [0.29, 0.717) is 12.5 Å². The fourth-order valence-electron chi connectivity index (χ4n) is 1.42. The third-order valence-electron chi connectivity index (χ3n) is 2.25. The molecular formula is C12H15F2NO3. The molecular weight excluding hydrogens is 244 g/mol. The predicted octanol–water partition coefficient (Wildman–Crippen LogP) is 1.09. The molecule has 0 spiro atoms. The summed E-state index contributed by atoms with van der Waals surface area (Å²) in [6.45, 7) is 0.367. The van der Waals surface area contributed by atoms with Gasteiger partial charge >= 0.3 is 0 Å². The van der Waals surface area contributed by atoms with Crippen LogP contribution in [0.1, 0.15) is 16.8 Å². The third kappa shape index (κ3) is 4.77. The van der Waals surface area contributed by atoms with Crippen LogP contribution in [0.3, 0.4) is 0 Å². The minimum absolute atomic E-state index is 0.0891. The van der Waals surface area contributed by atoms with Crippen LogP contribution in [-0.4, -0.2) is 37.4 Å². The van der Waals surface area contributed by atoms with Crippen LogP contribution in [0, 0.1) is 11.6 Å². The molecule has 0 aliphatic heterocycles. The van der Waals surface area contributed by atoms with Crippen LogP contribution in [0.2, 0.25) is 0 Å². The summed E-state index contributed by atoms with van der Waals surface area (Å²) in [5, 5.41) is 11.8. The Labute approximate surface area is 104 Å². The van der Waals surface area contributed by atoms with Crippen molar-refractivity contribution >= 4 is 5.91 Å². The van der Waals surface area contributed by atoms with E-state index in [9.17, 15) is 18.7 Å². The summed E-state index contributed by atoms with van der Waals surface area (Å²) >= 11 is 0. The number of hydrogen-bond donors (Lipinski definition) is 2. The Morgan fingerprint density at radius 1 is 1.39 bits per heavy atom. The highest BCUT2D eigenvalue weighted by molar-refractivity contribution is 5.94. The van der Waals surface area contributed by atoms with Gasteiger partial charge in [-0.2, -0.15) is 0 Å². The van der Waals surface area contributed by atoms with E-state index in [1.165, 1.54) is 7.11 Å². The van der Waals surface area contributed by atoms with Crippen molar-refractivity contribution in [2.75, 3.05) is 20.3 Å². The maximum Gasteiger partial charge on any atom is 0.251 e. The molecule has 0 saturated heterocycles. The van der Waals surface area contributed by atoms with Gasteiger partial charge in [0, 0.05) is 25.3 Å². The highest BCUT2D eigenvalue weighted by atomic mass is 19.1. The number of carbonyl (C=O) groups is 1. The molecule has 0 heterocycles. The van der Waals surface area contributed by atoms with Crippen LogP contribution in [0.25, 0.3) is 0 Å². The van der Waals surface area contributed by atoms with Gasteiger partial charge in [0.2, 0.25) is 0 Å². The SMILES string of the molecule is COCC(O)CCNC(=O)c1cc(F)cc(F)c1. The Balaban J connectivity index is 2.45. The Morgan fingerprint density at radius 2 is 2.00 bits per heavy atom. The first-order valence-electron chi connectivity index (χ1n) is 5.44. The molecule has 2 N–H and O–H groups in total. The second-order valence-corrected chi connectivity index (χ2v) is 3.81. The van der Waals surface area contributed by atoms with E-state index >= 15 is 0 Å². The van der Waals surface area contributed by atoms with Crippen molar-refractivity contribution in [1.29, 1.82) is 0 Å². The minimum Gasteiger partial charge on any atom is -0.391 e. The van der Waals surface area contributed by atoms with E-state index in [-0.39, 0.29) is 18.7 Å². The van der Waals surface area contributed by atoms with Gasteiger partial charge in [0.25, 0.3) is 5.91 Å². The number of carbonyl (C=O) groups excluding carboxylic acids is 1. The third-order valence-corrected chi connectivity index (χ3v) is 2.25. The first-order valence-corrected chi connectivity index (χ1v) is 5.44. The molecule has 1 atom stereocenters. The highest BCUT2D eigenvalue weighted by Crippen LogP contribution is 2.07. The molecule has 4 nitrogen and oxygen atoms in total. The maximum absolute atomic E-state index is 12.9. The van der Waals surface area contributed by atoms with Gasteiger partial charge in [-0.1, -0.05) is 0 Å². The Bertz CT molecular complexity index is 392. The fraction of sp³-hybridized carbons (Fsp3) is 0.417. The van der Waals surface area contributed by atoms with Crippen LogP contribution in [0.5, 0.6) is 0 Å². The lowest BCUT2D eigenvalue weighted by atomic mass is 10.2. The Kier molecular flexibility index (Phi) is 5.67. The number of rotatable bonds is 6. The fourth-order valence-corrected chi connectivity index (χ4v) is 1.42. The van der Waals surface area contributed by atoms with E-state index in [0.717, 1.165) is 12.1 Å². The van der Waals surface area contributed by atoms with Gasteiger partial charge in [-0.15, -0.1) is 0 Å². The first kappa shape index (κ1) is 14.5. The molecule has 18 heavy (non-hydrogen) atoms. The number of hydrogen-bond acceptors (Lipinski definition) is 3. The second kappa shape index (κ2) is 7.03. The average Bonchev–Trinajstić information content (AvgIpc) is 2.27. The zero-order chi connectivity index (χ0) is 13.5. The van der Waals surface area contributed by atoms with Gasteiger partial charge in [0.05, 0.1) is 12.7 Å². The second-order valence-electron chi connectivity index (χ2n) is 3.81. The molecule has 0 radical (unpaired) electrons. The number of ether oxygens (including phenoxy) is 1. The summed E-state index contributed by atoms with van der Waals surface area (Å²) in [5.41, 5.74) is -0.0891. The van der Waals surface area contributed by atoms with Gasteiger partial charge in [-0.3, -0.25) is 4.79 Å². The Morgan fingerprint density at radius 3 is 2.56 bits per heavy atom. The number of benzene rings is 1. The topological polar surface area (TPSA) is 58.6 Å². The van der Waals surface area contributed by atoms with Crippen LogP contribution >= 0.6 is 0 Å². The smallest absolute Gasteiger partial charge is 0.251 e. The summed E-state index contributed by atoms with van der Waals surface area (Å²) in [6.07, 6.45) is -0.378. The molecule has 0 aromatic heterocycles. The molecule has 0 fully saturated rings. The zero-order valence-corrected chi connectivity index (χ0v) is 9.95. The zero-order valence-electron chi connectivity index (χ0n) is 9.95. The normalized spacial score (nSPS) is 12.2. The predicted molar refractivity (Wildman–Crippen MR) is 61.2 cm³/mol. The van der Waals surface area contributed by atoms with E-state index in [4.69, 9.17) is 4.74 Å². The van der Waals surface area contributed by atoms with E-state index in [2.05, 4.69) is 5.32 Å². The lowest BCUT2D eigenvalue weighted by Gasteiger charge is -2.10. The van der Waals surface area contributed by atoms with Crippen LogP contribution < -0.4 is 5.32 Å². The molecule has 0 aliphatic rings. The van der Waals surface area contributed by atoms with Crippen LogP contribution in [0.15, 0.2) is 18.2 Å². The summed E-state index contributed by atoms with van der Waals surface area (Å²) < 4.78 is 30.4. The molecule has 1 unspecified atom stereocenters. The van der Waals surface area contributed by atoms with Gasteiger partial charge in [0.15, 0.2) is 0 Å². The van der Waals surface area contributed by atoms with Gasteiger partial charge in [0.1, 0.15) is 11.6 Å². The summed E-state index contributed by atoms with van der Waals surface area (Å²) in [4.78, 5) is 11.5. The molecule has 0 bridgehead atoms. The van der Waals surface area contributed by atoms with Gasteiger partial charge < -0.3 is 15.2 Å². The number of nitrogens with one attached hydrogen (secondary N) is 1. The molecule has 1 aromatic carbocycles. The maximum atomic E-state index is 12.9. The van der Waals surface area contributed by atoms with Crippen molar-refractivity contribution in [3.05, 3.63) is 35.4 Å². The monoisotopic (exact) mass is 259 g/mol. The number of halogens is 2. The molecule has 0 saturated carbocycles. The quantitative estimate of drug-likeness (QED) is 0.804. The van der Waals surface area contributed by atoms with E-state index < -0.39 is 23.6 Å².